The van der Waals surface area contributed by atoms with Crippen molar-refractivity contribution in [1.82, 2.24) is 10.2 Å². The summed E-state index contributed by atoms with van der Waals surface area (Å²) in [6.07, 6.45) is 8.57. The van der Waals surface area contributed by atoms with E-state index < -0.39 is 0 Å². The van der Waals surface area contributed by atoms with Gasteiger partial charge in [0.2, 0.25) is 5.91 Å². The van der Waals surface area contributed by atoms with E-state index in [4.69, 9.17) is 0 Å². The Bertz CT molecular complexity index is 231. The van der Waals surface area contributed by atoms with Gasteiger partial charge in [-0.1, -0.05) is 39.5 Å². The molecule has 1 aliphatic heterocycles. The van der Waals surface area contributed by atoms with Gasteiger partial charge in [-0.05, 0) is 31.8 Å². The van der Waals surface area contributed by atoms with Gasteiger partial charge in [-0.2, -0.15) is 0 Å². The lowest BCUT2D eigenvalue weighted by molar-refractivity contribution is -0.121. The van der Waals surface area contributed by atoms with Crippen LogP contribution in [0.25, 0.3) is 0 Å². The molecule has 0 radical (unpaired) electrons. The lowest BCUT2D eigenvalue weighted by atomic mass is 10.0. The van der Waals surface area contributed by atoms with Crippen LogP contribution in [-0.4, -0.2) is 37.0 Å². The molecule has 0 spiro atoms. The highest BCUT2D eigenvalue weighted by molar-refractivity contribution is 5.76. The zero-order valence-corrected chi connectivity index (χ0v) is 12.2. The summed E-state index contributed by atoms with van der Waals surface area (Å²) >= 11 is 0. The summed E-state index contributed by atoms with van der Waals surface area (Å²) in [5.41, 5.74) is 0. The highest BCUT2D eigenvalue weighted by Crippen LogP contribution is 2.11. The zero-order valence-electron chi connectivity index (χ0n) is 12.2. The van der Waals surface area contributed by atoms with Crippen molar-refractivity contribution in [3.8, 4) is 0 Å². The summed E-state index contributed by atoms with van der Waals surface area (Å²) in [5.74, 6) is 0.748. The smallest absolute Gasteiger partial charge is 0.220 e. The molecule has 0 bridgehead atoms. The summed E-state index contributed by atoms with van der Waals surface area (Å²) in [6, 6.07) is 0. The number of amides is 1. The largest absolute Gasteiger partial charge is 0.355 e. The molecule has 106 valence electrons. The second kappa shape index (κ2) is 9.37. The van der Waals surface area contributed by atoms with E-state index in [0.717, 1.165) is 26.1 Å². The van der Waals surface area contributed by atoms with Crippen LogP contribution < -0.4 is 5.32 Å². The molecule has 1 unspecified atom stereocenters. The molecule has 0 aromatic rings. The number of nitrogens with one attached hydrogen (secondary N) is 1. The number of unbranched alkanes of at least 4 members (excludes halogenated alkanes) is 4. The number of nitrogens with zero attached hydrogens (tertiary/aromatic N) is 1. The molecule has 0 saturated carbocycles. The van der Waals surface area contributed by atoms with E-state index in [1.807, 2.05) is 0 Å². The molecule has 0 aromatic carbocycles. The van der Waals surface area contributed by atoms with E-state index in [-0.39, 0.29) is 5.91 Å². The maximum absolute atomic E-state index is 11.5. The van der Waals surface area contributed by atoms with Crippen LogP contribution in [0.3, 0.4) is 0 Å². The Balaban J connectivity index is 2.20. The van der Waals surface area contributed by atoms with E-state index in [1.165, 1.54) is 38.6 Å². The average Bonchev–Trinajstić information content (AvgIpc) is 2.41. The van der Waals surface area contributed by atoms with Crippen LogP contribution in [0.15, 0.2) is 0 Å². The Hall–Kier alpha value is -0.570. The van der Waals surface area contributed by atoms with Crippen LogP contribution in [0, 0.1) is 5.92 Å². The van der Waals surface area contributed by atoms with Crippen molar-refractivity contribution in [2.75, 3.05) is 26.2 Å². The number of hydrogen-bond acceptors (Lipinski definition) is 2. The molecule has 1 aliphatic rings. The molecule has 1 fully saturated rings. The van der Waals surface area contributed by atoms with E-state index in [1.54, 1.807) is 0 Å². The molecule has 0 aromatic heterocycles. The normalized spacial score (nSPS) is 23.0. The highest BCUT2D eigenvalue weighted by Gasteiger charge is 2.14. The number of rotatable bonds is 6. The summed E-state index contributed by atoms with van der Waals surface area (Å²) < 4.78 is 0. The Kier molecular flexibility index (Phi) is 8.06. The molecule has 1 N–H and O–H groups in total. The van der Waals surface area contributed by atoms with E-state index >= 15 is 0 Å². The van der Waals surface area contributed by atoms with Crippen LogP contribution in [0.2, 0.25) is 0 Å². The third-order valence-corrected chi connectivity index (χ3v) is 3.80. The topological polar surface area (TPSA) is 32.3 Å². The van der Waals surface area contributed by atoms with Crippen molar-refractivity contribution >= 4 is 5.91 Å². The first-order valence-electron chi connectivity index (χ1n) is 7.71. The van der Waals surface area contributed by atoms with Crippen LogP contribution in [0.5, 0.6) is 0 Å². The number of carbonyl (C=O) groups excluding carboxylic acids is 1. The third-order valence-electron chi connectivity index (χ3n) is 3.80. The number of carbonyl (C=O) groups is 1. The molecule has 1 heterocycles. The maximum atomic E-state index is 11.5. The minimum absolute atomic E-state index is 0.229. The Morgan fingerprint density at radius 2 is 2.00 bits per heavy atom. The molecule has 1 saturated heterocycles. The van der Waals surface area contributed by atoms with E-state index in [0.29, 0.717) is 12.3 Å². The van der Waals surface area contributed by atoms with Crippen molar-refractivity contribution in [3.05, 3.63) is 0 Å². The van der Waals surface area contributed by atoms with Crippen molar-refractivity contribution in [3.63, 3.8) is 0 Å². The Morgan fingerprint density at radius 1 is 1.22 bits per heavy atom. The van der Waals surface area contributed by atoms with Gasteiger partial charge in [0.25, 0.3) is 0 Å². The summed E-state index contributed by atoms with van der Waals surface area (Å²) in [7, 11) is 0. The summed E-state index contributed by atoms with van der Waals surface area (Å²) in [4.78, 5) is 14.0. The molecule has 18 heavy (non-hydrogen) atoms. The highest BCUT2D eigenvalue weighted by atomic mass is 16.1. The quantitative estimate of drug-likeness (QED) is 0.739. The minimum atomic E-state index is 0.229. The van der Waals surface area contributed by atoms with Gasteiger partial charge in [0.15, 0.2) is 0 Å². The zero-order chi connectivity index (χ0) is 13.2. The van der Waals surface area contributed by atoms with E-state index in [2.05, 4.69) is 24.1 Å². The average molecular weight is 254 g/mol. The molecular formula is C15H30N2O. The third kappa shape index (κ3) is 7.00. The second-order valence-corrected chi connectivity index (χ2v) is 5.70. The maximum Gasteiger partial charge on any atom is 0.220 e. The first kappa shape index (κ1) is 15.5. The summed E-state index contributed by atoms with van der Waals surface area (Å²) in [6.45, 7) is 8.64. The van der Waals surface area contributed by atoms with Gasteiger partial charge in [-0.15, -0.1) is 0 Å². The van der Waals surface area contributed by atoms with Crippen molar-refractivity contribution in [2.45, 2.75) is 58.8 Å². The van der Waals surface area contributed by atoms with Gasteiger partial charge in [0.05, 0.1) is 0 Å². The fourth-order valence-electron chi connectivity index (χ4n) is 2.52. The summed E-state index contributed by atoms with van der Waals surface area (Å²) in [5, 5.41) is 3.02. The fourth-order valence-corrected chi connectivity index (χ4v) is 2.52. The lowest BCUT2D eigenvalue weighted by Gasteiger charge is -2.22. The SMILES string of the molecule is CCCCCCCN1CCNC(=O)CC(C)CC1. The van der Waals surface area contributed by atoms with Crippen molar-refractivity contribution < 1.29 is 4.79 Å². The van der Waals surface area contributed by atoms with Gasteiger partial charge in [-0.3, -0.25) is 4.79 Å². The molecular weight excluding hydrogens is 224 g/mol. The van der Waals surface area contributed by atoms with Gasteiger partial charge in [0.1, 0.15) is 0 Å². The van der Waals surface area contributed by atoms with Crippen LogP contribution in [0.4, 0.5) is 0 Å². The standard InChI is InChI=1S/C15H30N2O/c1-3-4-5-6-7-10-17-11-8-14(2)13-15(18)16-9-12-17/h14H,3-13H2,1-2H3,(H,16,18). The lowest BCUT2D eigenvalue weighted by Crippen LogP contribution is -2.34. The first-order valence-corrected chi connectivity index (χ1v) is 7.71. The predicted octanol–water partition coefficient (Wildman–Crippen LogP) is 2.80. The Labute approximate surface area is 112 Å². The minimum Gasteiger partial charge on any atom is -0.355 e. The van der Waals surface area contributed by atoms with Gasteiger partial charge in [0, 0.05) is 19.5 Å². The molecule has 1 amide bonds. The first-order chi connectivity index (χ1) is 8.72. The fraction of sp³-hybridized carbons (Fsp3) is 0.933. The van der Waals surface area contributed by atoms with Crippen LogP contribution in [-0.2, 0) is 4.79 Å². The van der Waals surface area contributed by atoms with Crippen LogP contribution >= 0.6 is 0 Å². The van der Waals surface area contributed by atoms with Crippen LogP contribution in [0.1, 0.15) is 58.8 Å². The van der Waals surface area contributed by atoms with Crippen molar-refractivity contribution in [1.29, 1.82) is 0 Å². The molecule has 3 heteroatoms. The predicted molar refractivity (Wildman–Crippen MR) is 76.6 cm³/mol. The molecule has 1 atom stereocenters. The van der Waals surface area contributed by atoms with Crippen molar-refractivity contribution in [2.24, 2.45) is 5.92 Å². The van der Waals surface area contributed by atoms with Gasteiger partial charge in [-0.25, -0.2) is 0 Å². The molecule has 3 nitrogen and oxygen atoms in total. The monoisotopic (exact) mass is 254 g/mol. The van der Waals surface area contributed by atoms with E-state index in [9.17, 15) is 4.79 Å². The molecule has 1 rings (SSSR count). The van der Waals surface area contributed by atoms with Gasteiger partial charge >= 0.3 is 0 Å². The Morgan fingerprint density at radius 3 is 2.78 bits per heavy atom. The molecule has 0 aliphatic carbocycles. The van der Waals surface area contributed by atoms with Gasteiger partial charge < -0.3 is 10.2 Å². The second-order valence-electron chi connectivity index (χ2n) is 5.70. The number of hydrogen-bond donors (Lipinski definition) is 1.